The Bertz CT molecular complexity index is 973. The van der Waals surface area contributed by atoms with Crippen LogP contribution in [0.5, 0.6) is 5.75 Å². The summed E-state index contributed by atoms with van der Waals surface area (Å²) in [5.41, 5.74) is 3.48. The van der Waals surface area contributed by atoms with Crippen molar-refractivity contribution in [2.45, 2.75) is 0 Å². The molecule has 0 aliphatic heterocycles. The molecule has 0 aliphatic rings. The molecule has 1 aromatic heterocycles. The highest BCUT2D eigenvalue weighted by Crippen LogP contribution is 2.38. The van der Waals surface area contributed by atoms with E-state index in [2.05, 4.69) is 75.1 Å². The van der Waals surface area contributed by atoms with Crippen LogP contribution in [0.4, 0.5) is 0 Å². The Morgan fingerprint density at radius 2 is 1.59 bits per heavy atom. The van der Waals surface area contributed by atoms with E-state index in [1.54, 1.807) is 7.11 Å². The van der Waals surface area contributed by atoms with Crippen LogP contribution in [-0.4, -0.2) is 11.7 Å². The van der Waals surface area contributed by atoms with Crippen LogP contribution in [0.15, 0.2) is 71.2 Å². The number of nitrogens with zero attached hydrogens (tertiary/aromatic N) is 1. The van der Waals surface area contributed by atoms with Gasteiger partial charge < -0.3 is 9.30 Å². The third-order valence-corrected chi connectivity index (χ3v) is 4.57. The average molecular weight is 352 g/mol. The van der Waals surface area contributed by atoms with E-state index in [0.29, 0.717) is 0 Å². The highest BCUT2D eigenvalue weighted by atomic mass is 79.9. The predicted molar refractivity (Wildman–Crippen MR) is 95.0 cm³/mol. The van der Waals surface area contributed by atoms with Crippen LogP contribution >= 0.6 is 15.9 Å². The first-order valence-corrected chi connectivity index (χ1v) is 7.91. The maximum absolute atomic E-state index is 5.45. The van der Waals surface area contributed by atoms with Crippen molar-refractivity contribution in [1.29, 1.82) is 0 Å². The number of benzene rings is 3. The van der Waals surface area contributed by atoms with Gasteiger partial charge in [-0.25, -0.2) is 0 Å². The van der Waals surface area contributed by atoms with Crippen LogP contribution in [0.1, 0.15) is 0 Å². The first-order valence-electron chi connectivity index (χ1n) is 7.11. The average Bonchev–Trinajstić information content (AvgIpc) is 2.90. The van der Waals surface area contributed by atoms with Gasteiger partial charge in [0.2, 0.25) is 0 Å². The van der Waals surface area contributed by atoms with Gasteiger partial charge in [-0.15, -0.1) is 0 Å². The molecule has 1 heterocycles. The number of hydrogen-bond donors (Lipinski definition) is 0. The fraction of sp³-hybridized carbons (Fsp3) is 0.0526. The first-order chi connectivity index (χ1) is 10.8. The molecule has 0 aliphatic carbocycles. The Morgan fingerprint density at radius 3 is 2.36 bits per heavy atom. The van der Waals surface area contributed by atoms with Gasteiger partial charge in [0, 0.05) is 27.0 Å². The van der Waals surface area contributed by atoms with Crippen LogP contribution in [0.3, 0.4) is 0 Å². The molecule has 0 bridgehead atoms. The largest absolute Gasteiger partial charge is 0.497 e. The first kappa shape index (κ1) is 13.4. The van der Waals surface area contributed by atoms with E-state index < -0.39 is 0 Å². The molecule has 0 radical (unpaired) electrons. The highest BCUT2D eigenvalue weighted by molar-refractivity contribution is 9.10. The van der Waals surface area contributed by atoms with E-state index in [-0.39, 0.29) is 0 Å². The standard InChI is InChI=1S/C19H14BrNO/c1-22-14-11-16(20)19-15-9-5-6-10-17(15)21(18(19)12-14)13-7-3-2-4-8-13/h2-12H,1H3. The number of halogens is 1. The lowest BCUT2D eigenvalue weighted by molar-refractivity contribution is 0.415. The Labute approximate surface area is 137 Å². The molecule has 0 saturated carbocycles. The fourth-order valence-electron chi connectivity index (χ4n) is 2.99. The molecular weight excluding hydrogens is 338 g/mol. The number of methoxy groups -OCH3 is 1. The van der Waals surface area contributed by atoms with Gasteiger partial charge in [0.25, 0.3) is 0 Å². The quantitative estimate of drug-likeness (QED) is 0.461. The molecule has 3 heteroatoms. The summed E-state index contributed by atoms with van der Waals surface area (Å²) in [7, 11) is 1.70. The van der Waals surface area contributed by atoms with Crippen molar-refractivity contribution in [2.75, 3.05) is 7.11 Å². The molecular formula is C19H14BrNO. The van der Waals surface area contributed by atoms with Crippen molar-refractivity contribution >= 4 is 37.7 Å². The van der Waals surface area contributed by atoms with Crippen molar-refractivity contribution in [1.82, 2.24) is 4.57 Å². The van der Waals surface area contributed by atoms with E-state index in [9.17, 15) is 0 Å². The lowest BCUT2D eigenvalue weighted by Crippen LogP contribution is -1.93. The number of rotatable bonds is 2. The Morgan fingerprint density at radius 1 is 0.864 bits per heavy atom. The SMILES string of the molecule is COc1cc(Br)c2c3ccccc3n(-c3ccccc3)c2c1. The van der Waals surface area contributed by atoms with Crippen molar-refractivity contribution in [3.05, 3.63) is 71.2 Å². The topological polar surface area (TPSA) is 14.2 Å². The van der Waals surface area contributed by atoms with Gasteiger partial charge in [0.05, 0.1) is 18.1 Å². The van der Waals surface area contributed by atoms with E-state index in [1.807, 2.05) is 12.1 Å². The van der Waals surface area contributed by atoms with Crippen molar-refractivity contribution in [3.63, 3.8) is 0 Å². The van der Waals surface area contributed by atoms with Crippen molar-refractivity contribution < 1.29 is 4.74 Å². The molecule has 0 saturated heterocycles. The monoisotopic (exact) mass is 351 g/mol. The molecule has 0 fully saturated rings. The minimum atomic E-state index is 0.847. The van der Waals surface area contributed by atoms with E-state index in [4.69, 9.17) is 4.74 Å². The maximum Gasteiger partial charge on any atom is 0.122 e. The Hall–Kier alpha value is -2.26. The second kappa shape index (κ2) is 5.18. The zero-order valence-corrected chi connectivity index (χ0v) is 13.7. The summed E-state index contributed by atoms with van der Waals surface area (Å²) in [5.74, 6) is 0.847. The third-order valence-electron chi connectivity index (χ3n) is 3.95. The van der Waals surface area contributed by atoms with Crippen LogP contribution < -0.4 is 4.74 Å². The van der Waals surface area contributed by atoms with Crippen LogP contribution in [-0.2, 0) is 0 Å². The minimum absolute atomic E-state index is 0.847. The van der Waals surface area contributed by atoms with Crippen LogP contribution in [0, 0.1) is 0 Å². The van der Waals surface area contributed by atoms with Gasteiger partial charge >= 0.3 is 0 Å². The summed E-state index contributed by atoms with van der Waals surface area (Å²) in [6, 6.07) is 23.0. The van der Waals surface area contributed by atoms with Gasteiger partial charge in [-0.3, -0.25) is 0 Å². The van der Waals surface area contributed by atoms with E-state index in [0.717, 1.165) is 21.4 Å². The van der Waals surface area contributed by atoms with Gasteiger partial charge in [-0.1, -0.05) is 36.4 Å². The molecule has 108 valence electrons. The number of ether oxygens (including phenoxy) is 1. The lowest BCUT2D eigenvalue weighted by Gasteiger charge is -2.08. The second-order valence-corrected chi connectivity index (χ2v) is 6.05. The highest BCUT2D eigenvalue weighted by Gasteiger charge is 2.15. The van der Waals surface area contributed by atoms with Crippen LogP contribution in [0.25, 0.3) is 27.5 Å². The zero-order valence-electron chi connectivity index (χ0n) is 12.1. The van der Waals surface area contributed by atoms with Gasteiger partial charge in [0.1, 0.15) is 5.75 Å². The van der Waals surface area contributed by atoms with Crippen LogP contribution in [0.2, 0.25) is 0 Å². The molecule has 0 atom stereocenters. The van der Waals surface area contributed by atoms with Crippen molar-refractivity contribution in [2.24, 2.45) is 0 Å². The molecule has 2 nitrogen and oxygen atoms in total. The fourth-order valence-corrected chi connectivity index (χ4v) is 3.64. The third kappa shape index (κ3) is 1.93. The summed E-state index contributed by atoms with van der Waals surface area (Å²) in [6.07, 6.45) is 0. The summed E-state index contributed by atoms with van der Waals surface area (Å²) < 4.78 is 8.77. The summed E-state index contributed by atoms with van der Waals surface area (Å²) in [5, 5.41) is 2.44. The zero-order chi connectivity index (χ0) is 15.1. The minimum Gasteiger partial charge on any atom is -0.497 e. The molecule has 0 unspecified atom stereocenters. The Balaban J connectivity index is 2.23. The molecule has 22 heavy (non-hydrogen) atoms. The maximum atomic E-state index is 5.45. The summed E-state index contributed by atoms with van der Waals surface area (Å²) in [4.78, 5) is 0. The smallest absolute Gasteiger partial charge is 0.122 e. The summed E-state index contributed by atoms with van der Waals surface area (Å²) >= 11 is 3.70. The van der Waals surface area contributed by atoms with Gasteiger partial charge in [-0.2, -0.15) is 0 Å². The molecule has 0 N–H and O–H groups in total. The van der Waals surface area contributed by atoms with Crippen molar-refractivity contribution in [3.8, 4) is 11.4 Å². The second-order valence-electron chi connectivity index (χ2n) is 5.19. The van der Waals surface area contributed by atoms with Gasteiger partial charge in [-0.05, 0) is 40.2 Å². The molecule has 0 amide bonds. The normalized spacial score (nSPS) is 11.2. The number of fused-ring (bicyclic) bond motifs is 3. The van der Waals surface area contributed by atoms with Gasteiger partial charge in [0.15, 0.2) is 0 Å². The molecule has 0 spiro atoms. The number of para-hydroxylation sites is 2. The number of hydrogen-bond acceptors (Lipinski definition) is 1. The molecule has 3 aromatic carbocycles. The summed E-state index contributed by atoms with van der Waals surface area (Å²) in [6.45, 7) is 0. The molecule has 4 rings (SSSR count). The lowest BCUT2D eigenvalue weighted by atomic mass is 10.1. The Kier molecular flexibility index (Phi) is 3.16. The molecule has 4 aromatic rings. The predicted octanol–water partition coefficient (Wildman–Crippen LogP) is 5.55. The van der Waals surface area contributed by atoms with E-state index in [1.165, 1.54) is 16.3 Å². The van der Waals surface area contributed by atoms with E-state index >= 15 is 0 Å². The number of aromatic nitrogens is 1.